The van der Waals surface area contributed by atoms with Crippen LogP contribution in [0.4, 0.5) is 0 Å². The van der Waals surface area contributed by atoms with Crippen LogP contribution in [0.2, 0.25) is 5.02 Å². The average Bonchev–Trinajstić information content (AvgIpc) is 3.24. The quantitative estimate of drug-likeness (QED) is 0.548. The largest absolute Gasteiger partial charge is 0.490 e. The summed E-state index contributed by atoms with van der Waals surface area (Å²) in [6, 6.07) is 11.9. The van der Waals surface area contributed by atoms with Gasteiger partial charge in [-0.1, -0.05) is 23.7 Å². The van der Waals surface area contributed by atoms with Crippen LogP contribution in [0.1, 0.15) is 28.8 Å². The van der Waals surface area contributed by atoms with Crippen LogP contribution in [0.15, 0.2) is 65.3 Å². The maximum Gasteiger partial charge on any atom is 0.265 e. The Morgan fingerprint density at radius 3 is 2.67 bits per heavy atom. The van der Waals surface area contributed by atoms with Crippen LogP contribution < -0.4 is 10.9 Å². The molecule has 4 rings (SSSR count). The van der Waals surface area contributed by atoms with E-state index in [0.717, 1.165) is 5.56 Å². The van der Waals surface area contributed by atoms with Gasteiger partial charge in [0.15, 0.2) is 18.2 Å². The number of ketones is 2. The molecular weight excluding hydrogens is 446 g/mol. The van der Waals surface area contributed by atoms with Crippen LogP contribution in [-0.2, 0) is 27.4 Å². The fourth-order valence-electron chi connectivity index (χ4n) is 3.48. The molecule has 0 unspecified atom stereocenters. The summed E-state index contributed by atoms with van der Waals surface area (Å²) in [6.45, 7) is -0.0378. The summed E-state index contributed by atoms with van der Waals surface area (Å²) in [7, 11) is 0. The molecule has 0 spiro atoms. The van der Waals surface area contributed by atoms with Crippen molar-refractivity contribution in [1.82, 2.24) is 14.9 Å². The van der Waals surface area contributed by atoms with Crippen molar-refractivity contribution in [1.29, 1.82) is 0 Å². The minimum absolute atomic E-state index is 0.00921. The number of carbonyl (C=O) groups excluding carboxylic acids is 3. The Morgan fingerprint density at radius 1 is 1.15 bits per heavy atom. The zero-order valence-corrected chi connectivity index (χ0v) is 18.3. The van der Waals surface area contributed by atoms with Gasteiger partial charge in [-0.15, -0.1) is 0 Å². The smallest absolute Gasteiger partial charge is 0.265 e. The fraction of sp³-hybridized carbons (Fsp3) is 0.208. The van der Waals surface area contributed by atoms with Crippen molar-refractivity contribution in [3.63, 3.8) is 0 Å². The second-order valence-corrected chi connectivity index (χ2v) is 8.02. The van der Waals surface area contributed by atoms with Crippen molar-refractivity contribution >= 4 is 40.1 Å². The van der Waals surface area contributed by atoms with Gasteiger partial charge in [0.1, 0.15) is 17.0 Å². The second kappa shape index (κ2) is 9.79. The highest BCUT2D eigenvalue weighted by Gasteiger charge is 2.19. The van der Waals surface area contributed by atoms with Crippen molar-refractivity contribution in [2.75, 3.05) is 6.61 Å². The number of amides is 1. The summed E-state index contributed by atoms with van der Waals surface area (Å²) in [5, 5.41) is 3.88. The van der Waals surface area contributed by atoms with Crippen molar-refractivity contribution in [3.8, 4) is 0 Å². The molecule has 1 amide bonds. The van der Waals surface area contributed by atoms with Crippen molar-refractivity contribution in [3.05, 3.63) is 87.0 Å². The van der Waals surface area contributed by atoms with E-state index >= 15 is 0 Å². The topological polar surface area (TPSA) is 107 Å². The number of rotatable bonds is 8. The lowest BCUT2D eigenvalue weighted by Crippen LogP contribution is -2.34. The van der Waals surface area contributed by atoms with E-state index in [2.05, 4.69) is 10.3 Å². The van der Waals surface area contributed by atoms with Gasteiger partial charge >= 0.3 is 0 Å². The lowest BCUT2D eigenvalue weighted by molar-refractivity contribution is -0.119. The third-order valence-electron chi connectivity index (χ3n) is 5.17. The van der Waals surface area contributed by atoms with Crippen molar-refractivity contribution < 1.29 is 19.1 Å². The number of nitrogens with one attached hydrogen (secondary N) is 1. The molecule has 3 heterocycles. The molecule has 9 heteroatoms. The highest BCUT2D eigenvalue weighted by atomic mass is 35.5. The maximum atomic E-state index is 13.1. The number of ether oxygens (including phenoxy) is 1. The lowest BCUT2D eigenvalue weighted by Gasteiger charge is -2.12. The van der Waals surface area contributed by atoms with Crippen LogP contribution in [0.3, 0.4) is 0 Å². The summed E-state index contributed by atoms with van der Waals surface area (Å²) in [4.78, 5) is 54.0. The first kappa shape index (κ1) is 22.4. The molecule has 1 aromatic carbocycles. The van der Waals surface area contributed by atoms with Gasteiger partial charge in [0.05, 0.1) is 6.54 Å². The van der Waals surface area contributed by atoms with Crippen LogP contribution in [0.5, 0.6) is 0 Å². The molecule has 33 heavy (non-hydrogen) atoms. The lowest BCUT2D eigenvalue weighted by atomic mass is 10.1. The first-order valence-electron chi connectivity index (χ1n) is 10.3. The molecule has 8 nitrogen and oxygen atoms in total. The monoisotopic (exact) mass is 465 g/mol. The standard InChI is InChI=1S/C24H20ClN3O5/c25-17-5-3-15(4-6-17)12-27-23(31)21-10-16-2-1-9-26-22(16)28(24(21)32)13-18(29)7-8-20-11-19(30)14-33-20/h1-6,9-11H,7-8,12-14H2,(H,27,31). The molecule has 0 aliphatic carbocycles. The number of benzene rings is 1. The van der Waals surface area contributed by atoms with E-state index in [0.29, 0.717) is 21.8 Å². The number of carbonyl (C=O) groups is 3. The Labute approximate surface area is 193 Å². The summed E-state index contributed by atoms with van der Waals surface area (Å²) in [5.41, 5.74) is 0.462. The van der Waals surface area contributed by atoms with Gasteiger partial charge in [-0.05, 0) is 35.9 Å². The Kier molecular flexibility index (Phi) is 6.65. The number of allylic oxidation sites excluding steroid dienone is 1. The molecule has 1 aliphatic heterocycles. The van der Waals surface area contributed by atoms with Gasteiger partial charge in [-0.2, -0.15) is 0 Å². The number of nitrogens with zero attached hydrogens (tertiary/aromatic N) is 2. The number of halogens is 1. The molecule has 3 aromatic rings. The van der Waals surface area contributed by atoms with Crippen LogP contribution >= 0.6 is 11.6 Å². The number of hydrogen-bond donors (Lipinski definition) is 1. The van der Waals surface area contributed by atoms with Crippen LogP contribution in [0, 0.1) is 0 Å². The number of Topliss-reactive ketones (excluding diaryl/α,β-unsaturated/α-hetero) is 1. The van der Waals surface area contributed by atoms with E-state index in [-0.39, 0.29) is 49.7 Å². The summed E-state index contributed by atoms with van der Waals surface area (Å²) < 4.78 is 6.41. The van der Waals surface area contributed by atoms with Gasteiger partial charge in [-0.3, -0.25) is 23.7 Å². The Hall–Kier alpha value is -3.78. The Morgan fingerprint density at radius 2 is 1.94 bits per heavy atom. The van der Waals surface area contributed by atoms with E-state index in [1.54, 1.807) is 36.4 Å². The molecule has 2 aromatic heterocycles. The summed E-state index contributed by atoms with van der Waals surface area (Å²) in [5.74, 6) is -0.475. The molecule has 0 radical (unpaired) electrons. The SMILES string of the molecule is O=C1C=C(CCC(=O)Cn2c(=O)c(C(=O)NCc3ccc(Cl)cc3)cc3cccnc32)OC1. The van der Waals surface area contributed by atoms with E-state index in [4.69, 9.17) is 16.3 Å². The van der Waals surface area contributed by atoms with Crippen LogP contribution in [0.25, 0.3) is 11.0 Å². The molecule has 0 saturated carbocycles. The number of aromatic nitrogens is 2. The molecule has 0 fully saturated rings. The minimum atomic E-state index is -0.602. The number of pyridine rings is 2. The number of fused-ring (bicyclic) bond motifs is 1. The van der Waals surface area contributed by atoms with E-state index in [9.17, 15) is 19.2 Å². The number of hydrogen-bond acceptors (Lipinski definition) is 6. The zero-order chi connectivity index (χ0) is 23.4. The maximum absolute atomic E-state index is 13.1. The average molecular weight is 466 g/mol. The minimum Gasteiger partial charge on any atom is -0.490 e. The van der Waals surface area contributed by atoms with Crippen LogP contribution in [-0.4, -0.2) is 33.6 Å². The van der Waals surface area contributed by atoms with Gasteiger partial charge < -0.3 is 10.1 Å². The highest BCUT2D eigenvalue weighted by Crippen LogP contribution is 2.15. The fourth-order valence-corrected chi connectivity index (χ4v) is 3.61. The summed E-state index contributed by atoms with van der Waals surface area (Å²) >= 11 is 5.88. The van der Waals surface area contributed by atoms with Gasteiger partial charge in [0, 0.05) is 42.1 Å². The normalized spacial score (nSPS) is 13.0. The third kappa shape index (κ3) is 5.35. The van der Waals surface area contributed by atoms with Gasteiger partial charge in [0.25, 0.3) is 11.5 Å². The van der Waals surface area contributed by atoms with Gasteiger partial charge in [-0.25, -0.2) is 4.98 Å². The molecule has 0 atom stereocenters. The summed E-state index contributed by atoms with van der Waals surface area (Å²) in [6.07, 6.45) is 3.26. The van der Waals surface area contributed by atoms with Crippen molar-refractivity contribution in [2.24, 2.45) is 0 Å². The van der Waals surface area contributed by atoms with Gasteiger partial charge in [0.2, 0.25) is 0 Å². The highest BCUT2D eigenvalue weighted by molar-refractivity contribution is 6.30. The molecule has 0 bridgehead atoms. The predicted octanol–water partition coefficient (Wildman–Crippen LogP) is 2.81. The van der Waals surface area contributed by atoms with Crippen molar-refractivity contribution in [2.45, 2.75) is 25.9 Å². The van der Waals surface area contributed by atoms with E-state index < -0.39 is 11.5 Å². The first-order chi connectivity index (χ1) is 15.9. The second-order valence-electron chi connectivity index (χ2n) is 7.58. The van der Waals surface area contributed by atoms with E-state index in [1.807, 2.05) is 0 Å². The molecule has 0 saturated heterocycles. The predicted molar refractivity (Wildman–Crippen MR) is 122 cm³/mol. The molecule has 1 N–H and O–H groups in total. The Bertz CT molecular complexity index is 1330. The molecular formula is C24H20ClN3O5. The first-order valence-corrected chi connectivity index (χ1v) is 10.7. The van der Waals surface area contributed by atoms with E-state index in [1.165, 1.54) is 22.9 Å². The molecule has 1 aliphatic rings. The Balaban J connectivity index is 1.54. The molecule has 168 valence electrons. The zero-order valence-electron chi connectivity index (χ0n) is 17.5. The third-order valence-corrected chi connectivity index (χ3v) is 5.42.